The van der Waals surface area contributed by atoms with Crippen LogP contribution < -0.4 is 5.32 Å². The lowest BCUT2D eigenvalue weighted by molar-refractivity contribution is 0.144. The van der Waals surface area contributed by atoms with Crippen molar-refractivity contribution in [3.63, 3.8) is 0 Å². The van der Waals surface area contributed by atoms with Crippen molar-refractivity contribution in [1.82, 2.24) is 14.9 Å². The van der Waals surface area contributed by atoms with Crippen LogP contribution in [0.2, 0.25) is 0 Å². The van der Waals surface area contributed by atoms with Gasteiger partial charge in [0.1, 0.15) is 0 Å². The van der Waals surface area contributed by atoms with E-state index in [4.69, 9.17) is 0 Å². The molecule has 0 bridgehead atoms. The number of likely N-dealkylation sites (tertiary alicyclic amines) is 1. The molecular formula is C15H26N4. The van der Waals surface area contributed by atoms with E-state index in [-0.39, 0.29) is 0 Å². The summed E-state index contributed by atoms with van der Waals surface area (Å²) < 4.78 is 0. The Kier molecular flexibility index (Phi) is 4.75. The maximum Gasteiger partial charge on any atom is 0.223 e. The fourth-order valence-electron chi connectivity index (χ4n) is 2.80. The Morgan fingerprint density at radius 3 is 2.68 bits per heavy atom. The largest absolute Gasteiger partial charge is 0.353 e. The topological polar surface area (TPSA) is 41.1 Å². The van der Waals surface area contributed by atoms with Gasteiger partial charge < -0.3 is 5.32 Å². The van der Waals surface area contributed by atoms with Crippen LogP contribution in [0.1, 0.15) is 38.1 Å². The first-order valence-electron chi connectivity index (χ1n) is 7.35. The van der Waals surface area contributed by atoms with Crippen LogP contribution in [0.5, 0.6) is 0 Å². The molecule has 0 amide bonds. The molecule has 2 unspecified atom stereocenters. The molecule has 106 valence electrons. The van der Waals surface area contributed by atoms with Gasteiger partial charge >= 0.3 is 0 Å². The lowest BCUT2D eigenvalue weighted by Crippen LogP contribution is -2.43. The average Bonchev–Trinajstić information content (AvgIpc) is 2.35. The Bertz CT molecular complexity index is 398. The van der Waals surface area contributed by atoms with Gasteiger partial charge in [0, 0.05) is 30.5 Å². The zero-order valence-electron chi connectivity index (χ0n) is 12.6. The molecule has 1 aliphatic rings. The van der Waals surface area contributed by atoms with Crippen LogP contribution in [-0.4, -0.2) is 40.5 Å². The smallest absolute Gasteiger partial charge is 0.223 e. The molecule has 1 aromatic heterocycles. The second-order valence-electron chi connectivity index (χ2n) is 5.95. The number of nitrogens with one attached hydrogen (secondary N) is 1. The maximum absolute atomic E-state index is 4.43. The van der Waals surface area contributed by atoms with Crippen molar-refractivity contribution in [2.75, 3.05) is 25.0 Å². The number of aromatic nitrogens is 2. The van der Waals surface area contributed by atoms with Crippen LogP contribution in [0.15, 0.2) is 6.07 Å². The maximum atomic E-state index is 4.43. The summed E-state index contributed by atoms with van der Waals surface area (Å²) in [4.78, 5) is 11.4. The van der Waals surface area contributed by atoms with Gasteiger partial charge in [-0.3, -0.25) is 4.90 Å². The Hall–Kier alpha value is -1.16. The first-order valence-corrected chi connectivity index (χ1v) is 7.35. The van der Waals surface area contributed by atoms with Gasteiger partial charge in [0.05, 0.1) is 0 Å². The van der Waals surface area contributed by atoms with E-state index in [2.05, 4.69) is 34.0 Å². The van der Waals surface area contributed by atoms with E-state index in [1.54, 1.807) is 0 Å². The van der Waals surface area contributed by atoms with E-state index in [1.165, 1.54) is 25.9 Å². The number of nitrogens with zero attached hydrogens (tertiary/aromatic N) is 3. The summed E-state index contributed by atoms with van der Waals surface area (Å²) >= 11 is 0. The summed E-state index contributed by atoms with van der Waals surface area (Å²) in [6.45, 7) is 12.0. The van der Waals surface area contributed by atoms with Crippen molar-refractivity contribution in [3.8, 4) is 0 Å². The minimum atomic E-state index is 0.534. The van der Waals surface area contributed by atoms with E-state index >= 15 is 0 Å². The van der Waals surface area contributed by atoms with E-state index in [0.29, 0.717) is 6.04 Å². The molecule has 0 radical (unpaired) electrons. The summed E-state index contributed by atoms with van der Waals surface area (Å²) in [6, 6.07) is 2.54. The molecule has 1 fully saturated rings. The van der Waals surface area contributed by atoms with Crippen molar-refractivity contribution in [1.29, 1.82) is 0 Å². The summed E-state index contributed by atoms with van der Waals surface area (Å²) in [5, 5.41) is 3.37. The molecule has 2 atom stereocenters. The second-order valence-corrected chi connectivity index (χ2v) is 5.95. The standard InChI is InChI=1S/C15H26N4/c1-11-6-5-7-19(10-11)14(4)9-16-15-17-12(2)8-13(3)18-15/h8,11,14H,5-7,9-10H2,1-4H3,(H,16,17,18). The quantitative estimate of drug-likeness (QED) is 0.905. The number of piperidine rings is 1. The normalized spacial score (nSPS) is 22.2. The minimum Gasteiger partial charge on any atom is -0.353 e. The van der Waals surface area contributed by atoms with Crippen LogP contribution in [0.4, 0.5) is 5.95 Å². The molecule has 0 aliphatic carbocycles. The minimum absolute atomic E-state index is 0.534. The number of hydrogen-bond donors (Lipinski definition) is 1. The highest BCUT2D eigenvalue weighted by atomic mass is 15.2. The van der Waals surface area contributed by atoms with E-state index in [9.17, 15) is 0 Å². The predicted octanol–water partition coefficient (Wildman–Crippen LogP) is 2.63. The van der Waals surface area contributed by atoms with Gasteiger partial charge in [-0.15, -0.1) is 0 Å². The molecule has 2 heterocycles. The van der Waals surface area contributed by atoms with Crippen LogP contribution in [-0.2, 0) is 0 Å². The van der Waals surface area contributed by atoms with Crippen molar-refractivity contribution < 1.29 is 0 Å². The van der Waals surface area contributed by atoms with E-state index in [1.807, 2.05) is 19.9 Å². The lowest BCUT2D eigenvalue weighted by atomic mass is 9.99. The Morgan fingerprint density at radius 2 is 2.05 bits per heavy atom. The predicted molar refractivity (Wildman–Crippen MR) is 79.4 cm³/mol. The third-order valence-corrected chi connectivity index (χ3v) is 3.85. The molecule has 0 aromatic carbocycles. The van der Waals surface area contributed by atoms with Gasteiger partial charge in [-0.1, -0.05) is 6.92 Å². The van der Waals surface area contributed by atoms with E-state index < -0.39 is 0 Å². The molecule has 1 aliphatic heterocycles. The van der Waals surface area contributed by atoms with Gasteiger partial charge in [0.15, 0.2) is 0 Å². The fraction of sp³-hybridized carbons (Fsp3) is 0.733. The highest BCUT2D eigenvalue weighted by molar-refractivity contribution is 5.27. The number of rotatable bonds is 4. The zero-order valence-corrected chi connectivity index (χ0v) is 12.6. The fourth-order valence-corrected chi connectivity index (χ4v) is 2.80. The average molecular weight is 262 g/mol. The molecule has 0 saturated carbocycles. The van der Waals surface area contributed by atoms with Gasteiger partial charge in [0.2, 0.25) is 5.95 Å². The Morgan fingerprint density at radius 1 is 1.37 bits per heavy atom. The second kappa shape index (κ2) is 6.33. The Balaban J connectivity index is 1.87. The van der Waals surface area contributed by atoms with Crippen LogP contribution >= 0.6 is 0 Å². The molecule has 4 nitrogen and oxygen atoms in total. The molecule has 1 aromatic rings. The van der Waals surface area contributed by atoms with Crippen LogP contribution in [0.25, 0.3) is 0 Å². The zero-order chi connectivity index (χ0) is 13.8. The van der Waals surface area contributed by atoms with Crippen LogP contribution in [0, 0.1) is 19.8 Å². The SMILES string of the molecule is Cc1cc(C)nc(NCC(C)N2CCCC(C)C2)n1. The highest BCUT2D eigenvalue weighted by Gasteiger charge is 2.20. The highest BCUT2D eigenvalue weighted by Crippen LogP contribution is 2.17. The molecule has 2 rings (SSSR count). The first kappa shape index (κ1) is 14.3. The Labute approximate surface area is 116 Å². The van der Waals surface area contributed by atoms with Crippen molar-refractivity contribution >= 4 is 5.95 Å². The summed E-state index contributed by atoms with van der Waals surface area (Å²) in [5.41, 5.74) is 2.04. The van der Waals surface area contributed by atoms with Gasteiger partial charge in [0.25, 0.3) is 0 Å². The van der Waals surface area contributed by atoms with E-state index in [0.717, 1.165) is 29.8 Å². The van der Waals surface area contributed by atoms with Crippen LogP contribution in [0.3, 0.4) is 0 Å². The van der Waals surface area contributed by atoms with Gasteiger partial charge in [-0.2, -0.15) is 0 Å². The molecule has 19 heavy (non-hydrogen) atoms. The lowest BCUT2D eigenvalue weighted by Gasteiger charge is -2.35. The third-order valence-electron chi connectivity index (χ3n) is 3.85. The monoisotopic (exact) mass is 262 g/mol. The van der Waals surface area contributed by atoms with Crippen molar-refractivity contribution in [3.05, 3.63) is 17.5 Å². The number of anilines is 1. The molecule has 1 N–H and O–H groups in total. The number of hydrogen-bond acceptors (Lipinski definition) is 4. The number of aryl methyl sites for hydroxylation is 2. The first-order chi connectivity index (χ1) is 9.04. The summed E-state index contributed by atoms with van der Waals surface area (Å²) in [7, 11) is 0. The van der Waals surface area contributed by atoms with Gasteiger partial charge in [-0.05, 0) is 52.1 Å². The molecule has 1 saturated heterocycles. The molecule has 0 spiro atoms. The third kappa shape index (κ3) is 4.16. The van der Waals surface area contributed by atoms with Gasteiger partial charge in [-0.25, -0.2) is 9.97 Å². The summed E-state index contributed by atoms with van der Waals surface area (Å²) in [5.74, 6) is 1.59. The molecular weight excluding hydrogens is 236 g/mol. The van der Waals surface area contributed by atoms with Crippen molar-refractivity contribution in [2.45, 2.75) is 46.6 Å². The molecule has 4 heteroatoms. The summed E-state index contributed by atoms with van der Waals surface area (Å²) in [6.07, 6.45) is 2.70. The van der Waals surface area contributed by atoms with Crippen molar-refractivity contribution in [2.24, 2.45) is 5.92 Å².